The van der Waals surface area contributed by atoms with Crippen molar-refractivity contribution < 1.29 is 4.79 Å². The molecule has 2 heterocycles. The molecule has 2 aliphatic rings. The Labute approximate surface area is 133 Å². The molecule has 120 valence electrons. The van der Waals surface area contributed by atoms with Crippen molar-refractivity contribution in [3.05, 3.63) is 29.8 Å². The van der Waals surface area contributed by atoms with Gasteiger partial charge in [-0.15, -0.1) is 0 Å². The number of amides is 1. The average molecular weight is 301 g/mol. The number of rotatable bonds is 3. The standard InChI is InChI=1S/C18H27N3O/c1-20(2)16-6-3-5-15(13-16)18(22)21-11-8-14(9-12-21)17-7-4-10-19-17/h3,5-6,13-14,17,19H,4,7-12H2,1-2H3. The largest absolute Gasteiger partial charge is 0.378 e. The van der Waals surface area contributed by atoms with Crippen LogP contribution in [0.15, 0.2) is 24.3 Å². The first kappa shape index (κ1) is 15.3. The van der Waals surface area contributed by atoms with Crippen LogP contribution in [-0.2, 0) is 0 Å². The molecule has 1 aromatic carbocycles. The van der Waals surface area contributed by atoms with Crippen LogP contribution in [0, 0.1) is 5.92 Å². The molecule has 2 fully saturated rings. The van der Waals surface area contributed by atoms with Crippen LogP contribution in [0.3, 0.4) is 0 Å². The van der Waals surface area contributed by atoms with E-state index in [4.69, 9.17) is 0 Å². The van der Waals surface area contributed by atoms with Crippen molar-refractivity contribution in [3.63, 3.8) is 0 Å². The van der Waals surface area contributed by atoms with Gasteiger partial charge in [0, 0.05) is 44.5 Å². The van der Waals surface area contributed by atoms with E-state index in [-0.39, 0.29) is 5.91 Å². The van der Waals surface area contributed by atoms with Crippen LogP contribution in [0.25, 0.3) is 0 Å². The van der Waals surface area contributed by atoms with E-state index >= 15 is 0 Å². The number of hydrogen-bond donors (Lipinski definition) is 1. The summed E-state index contributed by atoms with van der Waals surface area (Å²) in [6.07, 6.45) is 4.89. The molecule has 4 nitrogen and oxygen atoms in total. The van der Waals surface area contributed by atoms with Crippen LogP contribution >= 0.6 is 0 Å². The summed E-state index contributed by atoms with van der Waals surface area (Å²) in [7, 11) is 4.01. The highest BCUT2D eigenvalue weighted by Gasteiger charge is 2.30. The number of hydrogen-bond acceptors (Lipinski definition) is 3. The fraction of sp³-hybridized carbons (Fsp3) is 0.611. The summed E-state index contributed by atoms with van der Waals surface area (Å²) >= 11 is 0. The molecule has 0 aromatic heterocycles. The Morgan fingerprint density at radius 3 is 2.64 bits per heavy atom. The van der Waals surface area contributed by atoms with E-state index in [1.165, 1.54) is 19.4 Å². The van der Waals surface area contributed by atoms with Crippen LogP contribution in [0.5, 0.6) is 0 Å². The molecule has 1 amide bonds. The minimum atomic E-state index is 0.182. The zero-order valence-corrected chi connectivity index (χ0v) is 13.7. The minimum Gasteiger partial charge on any atom is -0.378 e. The molecule has 1 atom stereocenters. The third kappa shape index (κ3) is 3.27. The average Bonchev–Trinajstić information content (AvgIpc) is 3.09. The van der Waals surface area contributed by atoms with Gasteiger partial charge in [-0.3, -0.25) is 4.79 Å². The van der Waals surface area contributed by atoms with Crippen LogP contribution < -0.4 is 10.2 Å². The molecule has 0 aliphatic carbocycles. The van der Waals surface area contributed by atoms with Crippen molar-refractivity contribution in [2.75, 3.05) is 38.6 Å². The summed E-state index contributed by atoms with van der Waals surface area (Å²) in [5.74, 6) is 0.932. The van der Waals surface area contributed by atoms with Gasteiger partial charge in [0.2, 0.25) is 0 Å². The van der Waals surface area contributed by atoms with Crippen molar-refractivity contribution in [1.82, 2.24) is 10.2 Å². The van der Waals surface area contributed by atoms with Crippen molar-refractivity contribution in [1.29, 1.82) is 0 Å². The Kier molecular flexibility index (Phi) is 4.67. The van der Waals surface area contributed by atoms with Crippen LogP contribution in [0.4, 0.5) is 5.69 Å². The Morgan fingerprint density at radius 2 is 2.00 bits per heavy atom. The second kappa shape index (κ2) is 6.69. The van der Waals surface area contributed by atoms with E-state index in [0.717, 1.165) is 43.1 Å². The molecule has 0 saturated carbocycles. The first-order valence-electron chi connectivity index (χ1n) is 8.45. The number of nitrogens with zero attached hydrogens (tertiary/aromatic N) is 2. The van der Waals surface area contributed by atoms with E-state index in [2.05, 4.69) is 5.32 Å². The van der Waals surface area contributed by atoms with Gasteiger partial charge in [-0.2, -0.15) is 0 Å². The maximum Gasteiger partial charge on any atom is 0.253 e. The van der Waals surface area contributed by atoms with Gasteiger partial charge in [-0.05, 0) is 56.3 Å². The van der Waals surface area contributed by atoms with Crippen molar-refractivity contribution in [3.8, 4) is 0 Å². The second-order valence-corrected chi connectivity index (χ2v) is 6.78. The highest BCUT2D eigenvalue weighted by atomic mass is 16.2. The number of anilines is 1. The van der Waals surface area contributed by atoms with Crippen LogP contribution in [0.1, 0.15) is 36.0 Å². The second-order valence-electron chi connectivity index (χ2n) is 6.78. The lowest BCUT2D eigenvalue weighted by Crippen LogP contribution is -2.43. The molecular formula is C18H27N3O. The van der Waals surface area contributed by atoms with Gasteiger partial charge in [0.25, 0.3) is 5.91 Å². The van der Waals surface area contributed by atoms with Crippen molar-refractivity contribution in [2.45, 2.75) is 31.7 Å². The lowest BCUT2D eigenvalue weighted by Gasteiger charge is -2.35. The number of nitrogens with one attached hydrogen (secondary N) is 1. The summed E-state index contributed by atoms with van der Waals surface area (Å²) in [4.78, 5) is 16.8. The number of likely N-dealkylation sites (tertiary alicyclic amines) is 1. The minimum absolute atomic E-state index is 0.182. The van der Waals surface area contributed by atoms with Gasteiger partial charge in [0.05, 0.1) is 0 Å². The van der Waals surface area contributed by atoms with Gasteiger partial charge in [0.15, 0.2) is 0 Å². The molecule has 0 bridgehead atoms. The smallest absolute Gasteiger partial charge is 0.253 e. The summed E-state index contributed by atoms with van der Waals surface area (Å²) in [5, 5.41) is 3.61. The SMILES string of the molecule is CN(C)c1cccc(C(=O)N2CCC(C3CCCN3)CC2)c1. The fourth-order valence-electron chi connectivity index (χ4n) is 3.72. The number of piperidine rings is 1. The van der Waals surface area contributed by atoms with Gasteiger partial charge in [-0.1, -0.05) is 6.07 Å². The van der Waals surface area contributed by atoms with E-state index in [1.54, 1.807) is 0 Å². The molecule has 2 saturated heterocycles. The number of carbonyl (C=O) groups is 1. The Balaban J connectivity index is 1.60. The normalized spacial score (nSPS) is 22.8. The topological polar surface area (TPSA) is 35.6 Å². The Bertz CT molecular complexity index is 515. The molecule has 1 aromatic rings. The Morgan fingerprint density at radius 1 is 1.23 bits per heavy atom. The fourth-order valence-corrected chi connectivity index (χ4v) is 3.72. The van der Waals surface area contributed by atoms with Gasteiger partial charge in [-0.25, -0.2) is 0 Å². The Hall–Kier alpha value is -1.55. The monoisotopic (exact) mass is 301 g/mol. The number of carbonyl (C=O) groups excluding carboxylic acids is 1. The predicted molar refractivity (Wildman–Crippen MR) is 90.4 cm³/mol. The molecule has 22 heavy (non-hydrogen) atoms. The molecule has 4 heteroatoms. The molecule has 2 aliphatic heterocycles. The van der Waals surface area contributed by atoms with Gasteiger partial charge in [0.1, 0.15) is 0 Å². The third-order valence-electron chi connectivity index (χ3n) is 5.10. The van der Waals surface area contributed by atoms with Gasteiger partial charge < -0.3 is 15.1 Å². The van der Waals surface area contributed by atoms with Gasteiger partial charge >= 0.3 is 0 Å². The lowest BCUT2D eigenvalue weighted by atomic mass is 9.88. The predicted octanol–water partition coefficient (Wildman–Crippen LogP) is 2.36. The highest BCUT2D eigenvalue weighted by Crippen LogP contribution is 2.26. The van der Waals surface area contributed by atoms with Crippen molar-refractivity contribution >= 4 is 11.6 Å². The summed E-state index contributed by atoms with van der Waals surface area (Å²) < 4.78 is 0. The highest BCUT2D eigenvalue weighted by molar-refractivity contribution is 5.95. The van der Waals surface area contributed by atoms with E-state index in [9.17, 15) is 4.79 Å². The third-order valence-corrected chi connectivity index (χ3v) is 5.10. The zero-order chi connectivity index (χ0) is 15.5. The van der Waals surface area contributed by atoms with Crippen LogP contribution in [-0.4, -0.2) is 50.6 Å². The maximum absolute atomic E-state index is 12.7. The molecule has 1 unspecified atom stereocenters. The summed E-state index contributed by atoms with van der Waals surface area (Å²) in [6, 6.07) is 8.62. The molecule has 0 radical (unpaired) electrons. The van der Waals surface area contributed by atoms with E-state index in [1.807, 2.05) is 48.2 Å². The molecular weight excluding hydrogens is 274 g/mol. The lowest BCUT2D eigenvalue weighted by molar-refractivity contribution is 0.0674. The summed E-state index contributed by atoms with van der Waals surface area (Å²) in [6.45, 7) is 2.96. The molecule has 0 spiro atoms. The first-order chi connectivity index (χ1) is 10.6. The zero-order valence-electron chi connectivity index (χ0n) is 13.7. The molecule has 1 N–H and O–H groups in total. The van der Waals surface area contributed by atoms with Crippen LogP contribution in [0.2, 0.25) is 0 Å². The van der Waals surface area contributed by atoms with Crippen molar-refractivity contribution in [2.24, 2.45) is 5.92 Å². The maximum atomic E-state index is 12.7. The quantitative estimate of drug-likeness (QED) is 0.931. The van der Waals surface area contributed by atoms with E-state index in [0.29, 0.717) is 6.04 Å². The summed E-state index contributed by atoms with van der Waals surface area (Å²) in [5.41, 5.74) is 1.89. The molecule has 3 rings (SSSR count). The first-order valence-corrected chi connectivity index (χ1v) is 8.45. The number of benzene rings is 1. The van der Waals surface area contributed by atoms with E-state index < -0.39 is 0 Å².